The predicted molar refractivity (Wildman–Crippen MR) is 85.8 cm³/mol. The molecule has 0 radical (unpaired) electrons. The van der Waals surface area contributed by atoms with Crippen LogP contribution in [-0.2, 0) is 6.54 Å². The van der Waals surface area contributed by atoms with E-state index in [2.05, 4.69) is 37.8 Å². The molecule has 1 fully saturated rings. The van der Waals surface area contributed by atoms with Gasteiger partial charge in [-0.25, -0.2) is 4.98 Å². The molecule has 21 heavy (non-hydrogen) atoms. The number of halogens is 1. The van der Waals surface area contributed by atoms with Crippen molar-refractivity contribution < 1.29 is 0 Å². The Bertz CT molecular complexity index is 603. The third-order valence-electron chi connectivity index (χ3n) is 3.74. The van der Waals surface area contributed by atoms with Gasteiger partial charge in [-0.15, -0.1) is 5.10 Å². The largest absolute Gasteiger partial charge is 0.370 e. The Morgan fingerprint density at radius 1 is 1.52 bits per heavy atom. The van der Waals surface area contributed by atoms with Crippen molar-refractivity contribution in [2.75, 3.05) is 25.0 Å². The first-order valence-corrected chi connectivity index (χ1v) is 8.21. The van der Waals surface area contributed by atoms with Crippen molar-refractivity contribution in [1.82, 2.24) is 19.5 Å². The Morgan fingerprint density at radius 2 is 2.43 bits per heavy atom. The first-order valence-electron chi connectivity index (χ1n) is 7.06. The maximum absolute atomic E-state index is 6.06. The van der Waals surface area contributed by atoms with Gasteiger partial charge in [0, 0.05) is 37.4 Å². The molecule has 2 aromatic heterocycles. The zero-order chi connectivity index (χ0) is 14.7. The van der Waals surface area contributed by atoms with Gasteiger partial charge in [-0.05, 0) is 43.5 Å². The van der Waals surface area contributed by atoms with Crippen LogP contribution in [0.25, 0.3) is 0 Å². The predicted octanol–water partition coefficient (Wildman–Crippen LogP) is 2.83. The van der Waals surface area contributed by atoms with Crippen LogP contribution in [0.3, 0.4) is 0 Å². The number of hydrogen-bond acceptors (Lipinski definition) is 6. The van der Waals surface area contributed by atoms with E-state index in [4.69, 9.17) is 11.6 Å². The topological polar surface area (TPSA) is 53.9 Å². The number of nitrogens with one attached hydrogen (secondary N) is 1. The van der Waals surface area contributed by atoms with E-state index in [0.717, 1.165) is 37.7 Å². The molecule has 0 aromatic carbocycles. The van der Waals surface area contributed by atoms with Crippen LogP contribution in [0.4, 0.5) is 5.82 Å². The number of aryl methyl sites for hydroxylation is 1. The van der Waals surface area contributed by atoms with Gasteiger partial charge in [0.25, 0.3) is 0 Å². The van der Waals surface area contributed by atoms with Crippen molar-refractivity contribution in [3.8, 4) is 0 Å². The van der Waals surface area contributed by atoms with Gasteiger partial charge in [0.1, 0.15) is 15.8 Å². The second kappa shape index (κ2) is 6.68. The Balaban J connectivity index is 1.47. The fourth-order valence-corrected chi connectivity index (χ4v) is 3.22. The second-order valence-corrected chi connectivity index (χ2v) is 6.84. The quantitative estimate of drug-likeness (QED) is 0.917. The summed E-state index contributed by atoms with van der Waals surface area (Å²) in [5.41, 5.74) is 2.13. The van der Waals surface area contributed by atoms with Gasteiger partial charge in [0.05, 0.1) is 0 Å². The summed E-state index contributed by atoms with van der Waals surface area (Å²) in [5, 5.41) is 7.51. The molecule has 0 unspecified atom stereocenters. The number of hydrogen-bond donors (Lipinski definition) is 1. The maximum atomic E-state index is 6.06. The lowest BCUT2D eigenvalue weighted by atomic mass is 10.1. The van der Waals surface area contributed by atoms with Gasteiger partial charge in [0.2, 0.25) is 0 Å². The Morgan fingerprint density at radius 3 is 3.19 bits per heavy atom. The van der Waals surface area contributed by atoms with Gasteiger partial charge >= 0.3 is 0 Å². The van der Waals surface area contributed by atoms with E-state index in [1.165, 1.54) is 23.5 Å². The SMILES string of the molecule is Cc1ccnc(NC[C@H]2CCN(Cc3nnsc3Cl)C2)c1. The molecule has 1 N–H and O–H groups in total. The highest BCUT2D eigenvalue weighted by atomic mass is 35.5. The van der Waals surface area contributed by atoms with Crippen molar-refractivity contribution in [2.45, 2.75) is 19.9 Å². The third kappa shape index (κ3) is 3.90. The van der Waals surface area contributed by atoms with E-state index in [9.17, 15) is 0 Å². The van der Waals surface area contributed by atoms with Crippen LogP contribution in [-0.4, -0.2) is 39.1 Å². The van der Waals surface area contributed by atoms with Crippen molar-refractivity contribution in [1.29, 1.82) is 0 Å². The highest BCUT2D eigenvalue weighted by Crippen LogP contribution is 2.23. The van der Waals surface area contributed by atoms with Crippen LogP contribution in [0.1, 0.15) is 17.7 Å². The van der Waals surface area contributed by atoms with Gasteiger partial charge in [-0.2, -0.15) is 0 Å². The van der Waals surface area contributed by atoms with E-state index >= 15 is 0 Å². The second-order valence-electron chi connectivity index (χ2n) is 5.48. The van der Waals surface area contributed by atoms with Crippen molar-refractivity contribution in [3.63, 3.8) is 0 Å². The average molecular weight is 324 g/mol. The van der Waals surface area contributed by atoms with E-state index in [0.29, 0.717) is 10.3 Å². The summed E-state index contributed by atoms with van der Waals surface area (Å²) in [6, 6.07) is 4.08. The summed E-state index contributed by atoms with van der Waals surface area (Å²) in [6.07, 6.45) is 3.03. The minimum atomic E-state index is 0.637. The molecular formula is C14H18ClN5S. The summed E-state index contributed by atoms with van der Waals surface area (Å²) < 4.78 is 4.59. The number of aromatic nitrogens is 3. The Kier molecular flexibility index (Phi) is 4.67. The highest BCUT2D eigenvalue weighted by molar-refractivity contribution is 7.10. The van der Waals surface area contributed by atoms with Crippen LogP contribution in [0.2, 0.25) is 4.34 Å². The molecule has 3 rings (SSSR count). The fraction of sp³-hybridized carbons (Fsp3) is 0.500. The molecule has 7 heteroatoms. The molecule has 1 aliphatic heterocycles. The van der Waals surface area contributed by atoms with E-state index in [1.807, 2.05) is 12.3 Å². The van der Waals surface area contributed by atoms with Gasteiger partial charge in [-0.3, -0.25) is 4.90 Å². The van der Waals surface area contributed by atoms with Crippen LogP contribution in [0.5, 0.6) is 0 Å². The lowest BCUT2D eigenvalue weighted by molar-refractivity contribution is 0.315. The Hall–Kier alpha value is -1.24. The van der Waals surface area contributed by atoms with Gasteiger partial charge in [0.15, 0.2) is 0 Å². The van der Waals surface area contributed by atoms with Crippen molar-refractivity contribution in [2.24, 2.45) is 5.92 Å². The molecular weight excluding hydrogens is 306 g/mol. The molecule has 5 nitrogen and oxygen atoms in total. The van der Waals surface area contributed by atoms with E-state index in [-0.39, 0.29) is 0 Å². The zero-order valence-electron chi connectivity index (χ0n) is 11.9. The minimum Gasteiger partial charge on any atom is -0.370 e. The molecule has 1 saturated heterocycles. The van der Waals surface area contributed by atoms with Gasteiger partial charge < -0.3 is 5.32 Å². The fourth-order valence-electron chi connectivity index (χ4n) is 2.61. The molecule has 1 atom stereocenters. The number of anilines is 1. The standard InChI is InChI=1S/C14H18ClN5S/c1-10-2-4-16-13(6-10)17-7-11-3-5-20(8-11)9-12-14(15)21-19-18-12/h2,4,6,11H,3,5,7-9H2,1H3,(H,16,17)/t11-/m1/s1. The molecule has 1 aliphatic rings. The van der Waals surface area contributed by atoms with Crippen molar-refractivity contribution in [3.05, 3.63) is 33.9 Å². The normalized spacial score (nSPS) is 19.0. The number of rotatable bonds is 5. The van der Waals surface area contributed by atoms with E-state index in [1.54, 1.807) is 0 Å². The summed E-state index contributed by atoms with van der Waals surface area (Å²) in [7, 11) is 0. The summed E-state index contributed by atoms with van der Waals surface area (Å²) in [6.45, 7) is 5.98. The zero-order valence-corrected chi connectivity index (χ0v) is 13.5. The number of nitrogens with zero attached hydrogens (tertiary/aromatic N) is 4. The first-order chi connectivity index (χ1) is 10.2. The summed E-state index contributed by atoms with van der Waals surface area (Å²) in [5.74, 6) is 1.60. The van der Waals surface area contributed by atoms with Crippen LogP contribution >= 0.6 is 23.1 Å². The highest BCUT2D eigenvalue weighted by Gasteiger charge is 2.23. The molecule has 3 heterocycles. The van der Waals surface area contributed by atoms with E-state index < -0.39 is 0 Å². The van der Waals surface area contributed by atoms with Crippen LogP contribution in [0.15, 0.2) is 18.3 Å². The number of likely N-dealkylation sites (tertiary alicyclic amines) is 1. The lowest BCUT2D eigenvalue weighted by Gasteiger charge is -2.15. The van der Waals surface area contributed by atoms with Crippen LogP contribution in [0, 0.1) is 12.8 Å². The van der Waals surface area contributed by atoms with Crippen LogP contribution < -0.4 is 5.32 Å². The Labute approximate surface area is 133 Å². The number of pyridine rings is 1. The van der Waals surface area contributed by atoms with Crippen molar-refractivity contribution >= 4 is 29.0 Å². The average Bonchev–Trinajstić information content (AvgIpc) is 3.07. The lowest BCUT2D eigenvalue weighted by Crippen LogP contribution is -2.23. The minimum absolute atomic E-state index is 0.637. The summed E-state index contributed by atoms with van der Waals surface area (Å²) in [4.78, 5) is 6.72. The monoisotopic (exact) mass is 323 g/mol. The molecule has 2 aromatic rings. The maximum Gasteiger partial charge on any atom is 0.138 e. The smallest absolute Gasteiger partial charge is 0.138 e. The molecule has 0 amide bonds. The first kappa shape index (κ1) is 14.7. The molecule has 0 spiro atoms. The van der Waals surface area contributed by atoms with Gasteiger partial charge in [-0.1, -0.05) is 16.1 Å². The molecule has 0 bridgehead atoms. The summed E-state index contributed by atoms with van der Waals surface area (Å²) >= 11 is 7.31. The third-order valence-corrected chi connectivity index (χ3v) is 4.72. The molecule has 0 aliphatic carbocycles. The molecule has 112 valence electrons. The molecule has 0 saturated carbocycles.